The second-order valence-electron chi connectivity index (χ2n) is 7.38. The van der Waals surface area contributed by atoms with Crippen molar-refractivity contribution in [1.82, 2.24) is 9.88 Å². The molecule has 1 aliphatic heterocycles. The molecule has 29 heavy (non-hydrogen) atoms. The van der Waals surface area contributed by atoms with Crippen molar-refractivity contribution in [1.29, 1.82) is 0 Å². The maximum Gasteiger partial charge on any atom is 0.226 e. The Morgan fingerprint density at radius 3 is 2.72 bits per heavy atom. The Morgan fingerprint density at radius 1 is 1.14 bits per heavy atom. The van der Waals surface area contributed by atoms with Gasteiger partial charge in [-0.25, -0.2) is 4.98 Å². The Balaban J connectivity index is 1.51. The van der Waals surface area contributed by atoms with E-state index in [4.69, 9.17) is 18.9 Å². The number of methoxy groups -OCH3 is 1. The molecule has 152 valence electrons. The second kappa shape index (κ2) is 8.70. The predicted octanol–water partition coefficient (Wildman–Crippen LogP) is 5.39. The summed E-state index contributed by atoms with van der Waals surface area (Å²) >= 11 is 0. The normalized spacial score (nSPS) is 16.9. The Morgan fingerprint density at radius 2 is 1.97 bits per heavy atom. The third kappa shape index (κ3) is 4.30. The summed E-state index contributed by atoms with van der Waals surface area (Å²) in [4.78, 5) is 7.29. The van der Waals surface area contributed by atoms with Crippen LogP contribution in [0.15, 0.2) is 52.9 Å². The maximum absolute atomic E-state index is 5.99. The molecule has 0 saturated carbocycles. The van der Waals surface area contributed by atoms with Gasteiger partial charge in [-0.05, 0) is 75.2 Å². The van der Waals surface area contributed by atoms with Crippen molar-refractivity contribution in [2.75, 3.05) is 20.3 Å². The molecular weight excluding hydrogens is 364 g/mol. The highest BCUT2D eigenvalue weighted by Gasteiger charge is 2.28. The van der Waals surface area contributed by atoms with E-state index in [0.29, 0.717) is 18.5 Å². The van der Waals surface area contributed by atoms with E-state index in [-0.39, 0.29) is 0 Å². The minimum Gasteiger partial charge on any atom is -0.497 e. The Kier molecular flexibility index (Phi) is 5.86. The highest BCUT2D eigenvalue weighted by atomic mass is 16.5. The first kappa shape index (κ1) is 19.5. The van der Waals surface area contributed by atoms with Crippen LogP contribution in [0, 0.1) is 6.92 Å². The van der Waals surface area contributed by atoms with Crippen molar-refractivity contribution < 1.29 is 13.9 Å². The number of benzene rings is 2. The maximum atomic E-state index is 5.99. The van der Waals surface area contributed by atoms with Crippen LogP contribution < -0.4 is 9.47 Å². The van der Waals surface area contributed by atoms with E-state index in [9.17, 15) is 0 Å². The lowest BCUT2D eigenvalue weighted by molar-refractivity contribution is 0.244. The van der Waals surface area contributed by atoms with Crippen LogP contribution in [-0.2, 0) is 6.54 Å². The van der Waals surface area contributed by atoms with Crippen LogP contribution in [0.25, 0.3) is 11.5 Å². The summed E-state index contributed by atoms with van der Waals surface area (Å²) in [5, 5.41) is 0. The molecule has 0 bridgehead atoms. The quantitative estimate of drug-likeness (QED) is 0.539. The summed E-state index contributed by atoms with van der Waals surface area (Å²) in [5.74, 6) is 3.31. The van der Waals surface area contributed by atoms with Crippen LogP contribution in [0.2, 0.25) is 0 Å². The van der Waals surface area contributed by atoms with Crippen LogP contribution >= 0.6 is 0 Å². The van der Waals surface area contributed by atoms with Gasteiger partial charge in [0.05, 0.1) is 19.4 Å². The van der Waals surface area contributed by atoms with Crippen LogP contribution in [-0.4, -0.2) is 30.1 Å². The fourth-order valence-corrected chi connectivity index (χ4v) is 3.99. The topological polar surface area (TPSA) is 47.7 Å². The van der Waals surface area contributed by atoms with E-state index in [2.05, 4.69) is 23.1 Å². The molecule has 0 aliphatic carbocycles. The average Bonchev–Trinajstić information content (AvgIpc) is 3.36. The highest BCUT2D eigenvalue weighted by Crippen LogP contribution is 2.35. The number of likely N-dealkylation sites (tertiary alicyclic amines) is 1. The second-order valence-corrected chi connectivity index (χ2v) is 7.38. The van der Waals surface area contributed by atoms with Crippen LogP contribution in [0.1, 0.15) is 42.8 Å². The first-order valence-electron chi connectivity index (χ1n) is 10.3. The molecule has 0 radical (unpaired) electrons. The summed E-state index contributed by atoms with van der Waals surface area (Å²) < 4.78 is 16.9. The van der Waals surface area contributed by atoms with E-state index in [1.54, 1.807) is 7.11 Å². The number of rotatable bonds is 7. The summed E-state index contributed by atoms with van der Waals surface area (Å²) in [6, 6.07) is 16.7. The highest BCUT2D eigenvalue weighted by molar-refractivity contribution is 5.55. The number of oxazole rings is 1. The molecule has 0 unspecified atom stereocenters. The number of ether oxygens (including phenoxy) is 2. The van der Waals surface area contributed by atoms with E-state index < -0.39 is 0 Å². The Labute approximate surface area is 172 Å². The smallest absolute Gasteiger partial charge is 0.226 e. The molecule has 0 spiro atoms. The molecule has 5 heteroatoms. The molecule has 1 atom stereocenters. The molecule has 0 amide bonds. The number of aryl methyl sites for hydroxylation is 1. The SMILES string of the molecule is CCOc1ccc(-c2nc(CN3CCC[C@@H]3c3cccc(OC)c3)c(C)o2)cc1. The van der Waals surface area contributed by atoms with Gasteiger partial charge in [-0.3, -0.25) is 4.90 Å². The minimum atomic E-state index is 0.384. The van der Waals surface area contributed by atoms with Crippen molar-refractivity contribution in [3.05, 3.63) is 65.5 Å². The third-order valence-electron chi connectivity index (χ3n) is 5.50. The van der Waals surface area contributed by atoms with E-state index in [0.717, 1.165) is 48.0 Å². The van der Waals surface area contributed by atoms with Gasteiger partial charge in [0.25, 0.3) is 0 Å². The standard InChI is InChI=1S/C24H28N2O3/c1-4-28-20-12-10-18(11-13-20)24-25-22(17(2)29-24)16-26-14-6-9-23(26)19-7-5-8-21(15-19)27-3/h5,7-8,10-13,15,23H,4,6,9,14,16H2,1-3H3/t23-/m1/s1. The van der Waals surface area contributed by atoms with Crippen molar-refractivity contribution in [3.63, 3.8) is 0 Å². The van der Waals surface area contributed by atoms with Gasteiger partial charge in [-0.1, -0.05) is 12.1 Å². The number of hydrogen-bond acceptors (Lipinski definition) is 5. The first-order chi connectivity index (χ1) is 14.2. The molecule has 0 N–H and O–H groups in total. The van der Waals surface area contributed by atoms with Gasteiger partial charge in [0.1, 0.15) is 17.3 Å². The van der Waals surface area contributed by atoms with Gasteiger partial charge in [0.15, 0.2) is 0 Å². The lowest BCUT2D eigenvalue weighted by Gasteiger charge is -2.24. The molecule has 1 saturated heterocycles. The average molecular weight is 392 g/mol. The molecule has 2 aromatic carbocycles. The summed E-state index contributed by atoms with van der Waals surface area (Å²) in [5.41, 5.74) is 3.27. The Bertz CT molecular complexity index is 949. The molecule has 5 nitrogen and oxygen atoms in total. The van der Waals surface area contributed by atoms with Crippen molar-refractivity contribution in [2.45, 2.75) is 39.3 Å². The third-order valence-corrected chi connectivity index (χ3v) is 5.50. The summed E-state index contributed by atoms with van der Waals surface area (Å²) in [7, 11) is 1.72. The van der Waals surface area contributed by atoms with Gasteiger partial charge in [-0.2, -0.15) is 0 Å². The molecule has 2 heterocycles. The van der Waals surface area contributed by atoms with Gasteiger partial charge in [-0.15, -0.1) is 0 Å². The Hall–Kier alpha value is -2.79. The molecule has 3 aromatic rings. The van der Waals surface area contributed by atoms with Crippen molar-refractivity contribution in [3.8, 4) is 23.0 Å². The van der Waals surface area contributed by atoms with Crippen LogP contribution in [0.4, 0.5) is 0 Å². The largest absolute Gasteiger partial charge is 0.497 e. The fraction of sp³-hybridized carbons (Fsp3) is 0.375. The molecule has 1 fully saturated rings. The van der Waals surface area contributed by atoms with E-state index in [1.807, 2.05) is 44.2 Å². The fourth-order valence-electron chi connectivity index (χ4n) is 3.99. The monoisotopic (exact) mass is 392 g/mol. The molecular formula is C24H28N2O3. The number of nitrogens with zero attached hydrogens (tertiary/aromatic N) is 2. The lowest BCUT2D eigenvalue weighted by atomic mass is 10.0. The first-order valence-corrected chi connectivity index (χ1v) is 10.3. The minimum absolute atomic E-state index is 0.384. The summed E-state index contributed by atoms with van der Waals surface area (Å²) in [6.07, 6.45) is 2.33. The lowest BCUT2D eigenvalue weighted by Crippen LogP contribution is -2.23. The van der Waals surface area contributed by atoms with E-state index >= 15 is 0 Å². The number of aromatic nitrogens is 1. The summed E-state index contributed by atoms with van der Waals surface area (Å²) in [6.45, 7) is 6.48. The van der Waals surface area contributed by atoms with Gasteiger partial charge < -0.3 is 13.9 Å². The predicted molar refractivity (Wildman–Crippen MR) is 113 cm³/mol. The molecule has 1 aromatic heterocycles. The zero-order valence-electron chi connectivity index (χ0n) is 17.4. The van der Waals surface area contributed by atoms with Crippen LogP contribution in [0.3, 0.4) is 0 Å². The van der Waals surface area contributed by atoms with Gasteiger partial charge in [0.2, 0.25) is 5.89 Å². The zero-order chi connectivity index (χ0) is 20.2. The van der Waals surface area contributed by atoms with Crippen molar-refractivity contribution in [2.24, 2.45) is 0 Å². The van der Waals surface area contributed by atoms with Crippen LogP contribution in [0.5, 0.6) is 11.5 Å². The zero-order valence-corrected chi connectivity index (χ0v) is 17.4. The van der Waals surface area contributed by atoms with Gasteiger partial charge >= 0.3 is 0 Å². The van der Waals surface area contributed by atoms with Gasteiger partial charge in [0, 0.05) is 18.2 Å². The van der Waals surface area contributed by atoms with Crippen molar-refractivity contribution >= 4 is 0 Å². The number of hydrogen-bond donors (Lipinski definition) is 0. The van der Waals surface area contributed by atoms with E-state index in [1.165, 1.54) is 12.0 Å². The molecule has 4 rings (SSSR count). The molecule has 1 aliphatic rings.